The van der Waals surface area contributed by atoms with Crippen LogP contribution in [0.1, 0.15) is 16.9 Å². The maximum atomic E-state index is 15.0. The third-order valence-corrected chi connectivity index (χ3v) is 6.99. The standard InChI is InChI=1S/C27H25F2N7O2/c1-35-13-15(11-32-35)19-8-16(28)9-22(25(19)36-14-17-10-18(36)12-31-17)34-27(37)21-6-7-30-26(33-21)24-20(29)4-3-5-23(24)38-2/h3-9,11,13,17-18,31H,10,12,14H2,1-2H3,(H,34,37)/t17-,18-/m1/s1. The normalized spacial score (nSPS) is 18.2. The second-order valence-electron chi connectivity index (χ2n) is 9.44. The van der Waals surface area contributed by atoms with E-state index in [0.717, 1.165) is 30.8 Å². The van der Waals surface area contributed by atoms with Gasteiger partial charge < -0.3 is 20.3 Å². The van der Waals surface area contributed by atoms with Crippen LogP contribution in [-0.4, -0.2) is 57.9 Å². The van der Waals surface area contributed by atoms with Crippen LogP contribution in [0.4, 0.5) is 20.2 Å². The third kappa shape index (κ3) is 4.24. The van der Waals surface area contributed by atoms with Crippen molar-refractivity contribution in [1.29, 1.82) is 0 Å². The van der Waals surface area contributed by atoms with Crippen LogP contribution in [0.15, 0.2) is 55.0 Å². The van der Waals surface area contributed by atoms with Crippen LogP contribution in [0.5, 0.6) is 5.75 Å². The summed E-state index contributed by atoms with van der Waals surface area (Å²) >= 11 is 0. The molecule has 4 heterocycles. The van der Waals surface area contributed by atoms with E-state index in [-0.39, 0.29) is 28.9 Å². The Morgan fingerprint density at radius 2 is 2.11 bits per heavy atom. The topological polar surface area (TPSA) is 97.2 Å². The lowest BCUT2D eigenvalue weighted by atomic mass is 10.0. The number of hydrogen-bond donors (Lipinski definition) is 2. The highest BCUT2D eigenvalue weighted by atomic mass is 19.1. The number of ether oxygens (including phenoxy) is 1. The zero-order chi connectivity index (χ0) is 26.4. The quantitative estimate of drug-likeness (QED) is 0.403. The number of rotatable bonds is 6. The number of piperazine rings is 1. The predicted molar refractivity (Wildman–Crippen MR) is 138 cm³/mol. The minimum absolute atomic E-state index is 0.00283. The van der Waals surface area contributed by atoms with Crippen molar-refractivity contribution in [2.45, 2.75) is 18.5 Å². The monoisotopic (exact) mass is 517 g/mol. The predicted octanol–water partition coefficient (Wildman–Crippen LogP) is 3.63. The van der Waals surface area contributed by atoms with E-state index in [9.17, 15) is 13.6 Å². The highest BCUT2D eigenvalue weighted by Crippen LogP contribution is 2.43. The number of nitrogens with one attached hydrogen (secondary N) is 2. The molecule has 2 aliphatic heterocycles. The molecule has 0 spiro atoms. The molecule has 2 saturated heterocycles. The number of methoxy groups -OCH3 is 1. The van der Waals surface area contributed by atoms with E-state index in [4.69, 9.17) is 4.74 Å². The molecule has 2 aliphatic rings. The lowest BCUT2D eigenvalue weighted by molar-refractivity contribution is 0.102. The van der Waals surface area contributed by atoms with Crippen LogP contribution in [0, 0.1) is 11.6 Å². The van der Waals surface area contributed by atoms with E-state index in [1.54, 1.807) is 24.0 Å². The molecular weight excluding hydrogens is 492 g/mol. The molecule has 0 unspecified atom stereocenters. The summed E-state index contributed by atoms with van der Waals surface area (Å²) in [7, 11) is 3.21. The molecule has 11 heteroatoms. The average Bonchev–Trinajstić information content (AvgIpc) is 3.66. The fourth-order valence-electron chi connectivity index (χ4n) is 5.30. The minimum atomic E-state index is -0.576. The van der Waals surface area contributed by atoms with Crippen LogP contribution in [0.2, 0.25) is 0 Å². The van der Waals surface area contributed by atoms with Crippen molar-refractivity contribution in [2.24, 2.45) is 7.05 Å². The van der Waals surface area contributed by atoms with Gasteiger partial charge in [-0.3, -0.25) is 9.48 Å². The Morgan fingerprint density at radius 3 is 2.82 bits per heavy atom. The van der Waals surface area contributed by atoms with Crippen molar-refractivity contribution in [3.63, 3.8) is 0 Å². The van der Waals surface area contributed by atoms with Gasteiger partial charge in [0.15, 0.2) is 5.82 Å². The van der Waals surface area contributed by atoms with Gasteiger partial charge in [0, 0.05) is 55.7 Å². The van der Waals surface area contributed by atoms with Gasteiger partial charge in [-0.2, -0.15) is 5.10 Å². The smallest absolute Gasteiger partial charge is 0.274 e. The Bertz CT molecular complexity index is 1540. The van der Waals surface area contributed by atoms with Gasteiger partial charge in [-0.05, 0) is 36.8 Å². The molecule has 6 rings (SSSR count). The van der Waals surface area contributed by atoms with Crippen molar-refractivity contribution in [1.82, 2.24) is 25.1 Å². The molecule has 2 aromatic heterocycles. The van der Waals surface area contributed by atoms with Gasteiger partial charge in [-0.15, -0.1) is 0 Å². The van der Waals surface area contributed by atoms with Gasteiger partial charge in [0.25, 0.3) is 5.91 Å². The number of halogens is 2. The van der Waals surface area contributed by atoms with Gasteiger partial charge in [0.05, 0.1) is 30.2 Å². The Morgan fingerprint density at radius 1 is 1.24 bits per heavy atom. The van der Waals surface area contributed by atoms with Crippen LogP contribution in [0.3, 0.4) is 0 Å². The first kappa shape index (κ1) is 24.0. The van der Waals surface area contributed by atoms with Gasteiger partial charge >= 0.3 is 0 Å². The minimum Gasteiger partial charge on any atom is -0.496 e. The van der Waals surface area contributed by atoms with Crippen molar-refractivity contribution in [2.75, 3.05) is 30.4 Å². The molecule has 0 radical (unpaired) electrons. The molecule has 2 fully saturated rings. The number of fused-ring (bicyclic) bond motifs is 2. The molecule has 2 aromatic carbocycles. The number of nitrogens with zero attached hydrogens (tertiary/aromatic N) is 5. The summed E-state index contributed by atoms with van der Waals surface area (Å²) in [6.07, 6.45) is 5.84. The summed E-state index contributed by atoms with van der Waals surface area (Å²) < 4.78 is 36.5. The average molecular weight is 518 g/mol. The summed E-state index contributed by atoms with van der Waals surface area (Å²) in [6.45, 7) is 1.54. The largest absolute Gasteiger partial charge is 0.496 e. The van der Waals surface area contributed by atoms with Crippen LogP contribution < -0.4 is 20.3 Å². The number of aromatic nitrogens is 4. The molecule has 2 bridgehead atoms. The lowest BCUT2D eigenvalue weighted by Gasteiger charge is -2.33. The summed E-state index contributed by atoms with van der Waals surface area (Å²) in [5.41, 5.74) is 2.49. The molecule has 4 aromatic rings. The number of carbonyl (C=O) groups excluding carboxylic acids is 1. The van der Waals surface area contributed by atoms with Gasteiger partial charge in [0.2, 0.25) is 0 Å². The molecule has 2 atom stereocenters. The second-order valence-corrected chi connectivity index (χ2v) is 9.44. The maximum absolute atomic E-state index is 15.0. The SMILES string of the molecule is COc1cccc(F)c1-c1nccc(C(=O)Nc2cc(F)cc(-c3cnn(C)c3)c2N2C[C@H]3C[C@@H]2CN3)n1. The molecule has 1 amide bonds. The zero-order valence-corrected chi connectivity index (χ0v) is 20.8. The number of aryl methyl sites for hydroxylation is 1. The molecular formula is C27H25F2N7O2. The van der Waals surface area contributed by atoms with Crippen LogP contribution in [0.25, 0.3) is 22.5 Å². The Balaban J connectivity index is 1.40. The maximum Gasteiger partial charge on any atom is 0.274 e. The number of anilines is 2. The number of amides is 1. The number of hydrogen-bond acceptors (Lipinski definition) is 7. The second kappa shape index (κ2) is 9.49. The van der Waals surface area contributed by atoms with E-state index in [2.05, 4.69) is 30.6 Å². The van der Waals surface area contributed by atoms with E-state index >= 15 is 0 Å². The highest BCUT2D eigenvalue weighted by Gasteiger charge is 2.40. The van der Waals surface area contributed by atoms with E-state index in [1.807, 2.05) is 6.20 Å². The summed E-state index contributed by atoms with van der Waals surface area (Å²) in [5.74, 6) is -1.40. The number of benzene rings is 2. The molecule has 38 heavy (non-hydrogen) atoms. The summed E-state index contributed by atoms with van der Waals surface area (Å²) in [5, 5.41) is 10.6. The highest BCUT2D eigenvalue weighted by molar-refractivity contribution is 6.06. The first-order chi connectivity index (χ1) is 18.4. The van der Waals surface area contributed by atoms with Crippen LogP contribution >= 0.6 is 0 Å². The zero-order valence-electron chi connectivity index (χ0n) is 20.8. The van der Waals surface area contributed by atoms with E-state index < -0.39 is 17.5 Å². The lowest BCUT2D eigenvalue weighted by Crippen LogP contribution is -2.44. The Hall–Kier alpha value is -4.38. The van der Waals surface area contributed by atoms with Gasteiger partial charge in [-0.25, -0.2) is 18.7 Å². The Kier molecular flexibility index (Phi) is 5.99. The third-order valence-electron chi connectivity index (χ3n) is 6.99. The molecule has 0 saturated carbocycles. The first-order valence-corrected chi connectivity index (χ1v) is 12.2. The molecule has 2 N–H and O–H groups in total. The fourth-order valence-corrected chi connectivity index (χ4v) is 5.30. The van der Waals surface area contributed by atoms with E-state index in [1.165, 1.54) is 43.6 Å². The fraction of sp³-hybridized carbons (Fsp3) is 0.259. The van der Waals surface area contributed by atoms with Crippen LogP contribution in [-0.2, 0) is 7.05 Å². The molecule has 194 valence electrons. The summed E-state index contributed by atoms with van der Waals surface area (Å²) in [6, 6.07) is 9.13. The first-order valence-electron chi connectivity index (χ1n) is 12.2. The van der Waals surface area contributed by atoms with Gasteiger partial charge in [-0.1, -0.05) is 6.07 Å². The van der Waals surface area contributed by atoms with Crippen molar-refractivity contribution >= 4 is 17.3 Å². The van der Waals surface area contributed by atoms with E-state index in [0.29, 0.717) is 17.3 Å². The van der Waals surface area contributed by atoms with Gasteiger partial charge in [0.1, 0.15) is 23.1 Å². The molecule has 9 nitrogen and oxygen atoms in total. The Labute approximate surface area is 217 Å². The number of carbonyl (C=O) groups is 1. The van der Waals surface area contributed by atoms with Crippen molar-refractivity contribution in [3.8, 4) is 28.3 Å². The van der Waals surface area contributed by atoms with Crippen molar-refractivity contribution in [3.05, 3.63) is 72.3 Å². The molecule has 0 aliphatic carbocycles. The summed E-state index contributed by atoms with van der Waals surface area (Å²) in [4.78, 5) is 24.1. The van der Waals surface area contributed by atoms with Crippen molar-refractivity contribution < 1.29 is 18.3 Å².